The molecule has 3 aromatic rings. The molecule has 0 fully saturated rings. The molecule has 0 aliphatic rings. The van der Waals surface area contributed by atoms with E-state index < -0.39 is 0 Å². The zero-order valence-electron chi connectivity index (χ0n) is 17.5. The van der Waals surface area contributed by atoms with Crippen LogP contribution in [-0.4, -0.2) is 22.0 Å². The highest BCUT2D eigenvalue weighted by Crippen LogP contribution is 2.20. The number of fused-ring (bicyclic) bond motifs is 1. The van der Waals surface area contributed by atoms with Crippen molar-refractivity contribution >= 4 is 16.9 Å². The van der Waals surface area contributed by atoms with Crippen LogP contribution in [0, 0.1) is 19.8 Å². The average Bonchev–Trinajstić information content (AvgIpc) is 3.03. The first kappa shape index (κ1) is 20.1. The van der Waals surface area contributed by atoms with Gasteiger partial charge in [0.1, 0.15) is 5.82 Å². The van der Waals surface area contributed by atoms with Gasteiger partial charge < -0.3 is 9.88 Å². The van der Waals surface area contributed by atoms with E-state index >= 15 is 0 Å². The van der Waals surface area contributed by atoms with E-state index in [-0.39, 0.29) is 11.8 Å². The SMILES string of the molecule is CCC(CC)C(=O)NCCc1nc2ccccc2n1Cc1cc(C)ccc1C. The number of carbonyl (C=O) groups excluding carboxylic acids is 1. The van der Waals surface area contributed by atoms with Crippen LogP contribution in [-0.2, 0) is 17.8 Å². The summed E-state index contributed by atoms with van der Waals surface area (Å²) < 4.78 is 2.29. The number of rotatable bonds is 8. The summed E-state index contributed by atoms with van der Waals surface area (Å²) in [5.41, 5.74) is 6.02. The molecule has 3 rings (SSSR count). The molecule has 28 heavy (non-hydrogen) atoms. The monoisotopic (exact) mass is 377 g/mol. The van der Waals surface area contributed by atoms with Gasteiger partial charge in [-0.05, 0) is 49.9 Å². The van der Waals surface area contributed by atoms with E-state index in [0.717, 1.165) is 42.7 Å². The van der Waals surface area contributed by atoms with Gasteiger partial charge in [0.25, 0.3) is 0 Å². The lowest BCUT2D eigenvalue weighted by Crippen LogP contribution is -2.32. The lowest BCUT2D eigenvalue weighted by Gasteiger charge is -2.14. The van der Waals surface area contributed by atoms with Crippen LogP contribution in [0.1, 0.15) is 49.2 Å². The van der Waals surface area contributed by atoms with E-state index in [2.05, 4.69) is 74.0 Å². The molecule has 2 aromatic carbocycles. The molecule has 0 bridgehead atoms. The van der Waals surface area contributed by atoms with Crippen LogP contribution >= 0.6 is 0 Å². The van der Waals surface area contributed by atoms with Gasteiger partial charge in [-0.25, -0.2) is 4.98 Å². The minimum absolute atomic E-state index is 0.105. The van der Waals surface area contributed by atoms with Gasteiger partial charge in [-0.3, -0.25) is 4.79 Å². The Hall–Kier alpha value is -2.62. The summed E-state index contributed by atoms with van der Waals surface area (Å²) in [4.78, 5) is 17.1. The largest absolute Gasteiger partial charge is 0.355 e. The van der Waals surface area contributed by atoms with Crippen molar-refractivity contribution in [2.45, 2.75) is 53.5 Å². The third-order valence-electron chi connectivity index (χ3n) is 5.57. The fourth-order valence-electron chi connectivity index (χ4n) is 3.73. The third kappa shape index (κ3) is 4.44. The molecular weight excluding hydrogens is 346 g/mol. The van der Waals surface area contributed by atoms with Gasteiger partial charge in [0, 0.05) is 25.4 Å². The first-order valence-electron chi connectivity index (χ1n) is 10.3. The molecule has 4 heteroatoms. The number of nitrogens with one attached hydrogen (secondary N) is 1. The van der Waals surface area contributed by atoms with Gasteiger partial charge >= 0.3 is 0 Å². The van der Waals surface area contributed by atoms with Crippen LogP contribution < -0.4 is 5.32 Å². The predicted octanol–water partition coefficient (Wildman–Crippen LogP) is 4.80. The van der Waals surface area contributed by atoms with Gasteiger partial charge in [-0.1, -0.05) is 49.7 Å². The fraction of sp³-hybridized carbons (Fsp3) is 0.417. The summed E-state index contributed by atoms with van der Waals surface area (Å²) in [6, 6.07) is 14.8. The van der Waals surface area contributed by atoms with Crippen LogP contribution in [0.25, 0.3) is 11.0 Å². The highest BCUT2D eigenvalue weighted by molar-refractivity contribution is 5.78. The maximum absolute atomic E-state index is 12.3. The van der Waals surface area contributed by atoms with Crippen LogP contribution in [0.4, 0.5) is 0 Å². The second-order valence-corrected chi connectivity index (χ2v) is 7.59. The summed E-state index contributed by atoms with van der Waals surface area (Å²) in [7, 11) is 0. The van der Waals surface area contributed by atoms with E-state index in [0.29, 0.717) is 6.54 Å². The van der Waals surface area contributed by atoms with Crippen molar-refractivity contribution in [2.24, 2.45) is 5.92 Å². The van der Waals surface area contributed by atoms with Gasteiger partial charge in [-0.15, -0.1) is 0 Å². The number of aryl methyl sites for hydroxylation is 2. The first-order valence-corrected chi connectivity index (χ1v) is 10.3. The lowest BCUT2D eigenvalue weighted by atomic mass is 10.0. The van der Waals surface area contributed by atoms with E-state index in [1.165, 1.54) is 16.7 Å². The second kappa shape index (κ2) is 9.05. The van der Waals surface area contributed by atoms with Crippen LogP contribution in [0.15, 0.2) is 42.5 Å². The number of hydrogen-bond donors (Lipinski definition) is 1. The van der Waals surface area contributed by atoms with Crippen LogP contribution in [0.3, 0.4) is 0 Å². The molecule has 0 saturated carbocycles. The number of aromatic nitrogens is 2. The Balaban J connectivity index is 1.83. The number of para-hydroxylation sites is 2. The van der Waals surface area contributed by atoms with E-state index in [9.17, 15) is 4.79 Å². The van der Waals surface area contributed by atoms with Gasteiger partial charge in [0.05, 0.1) is 11.0 Å². The molecule has 0 radical (unpaired) electrons. The van der Waals surface area contributed by atoms with Crippen molar-refractivity contribution in [3.63, 3.8) is 0 Å². The minimum atomic E-state index is 0.105. The summed E-state index contributed by atoms with van der Waals surface area (Å²) in [5, 5.41) is 3.10. The lowest BCUT2D eigenvalue weighted by molar-refractivity contribution is -0.125. The molecular formula is C24H31N3O. The number of amides is 1. The first-order chi connectivity index (χ1) is 13.5. The fourth-order valence-corrected chi connectivity index (χ4v) is 3.73. The highest BCUT2D eigenvalue weighted by Gasteiger charge is 2.15. The van der Waals surface area contributed by atoms with Crippen LogP contribution in [0.2, 0.25) is 0 Å². The minimum Gasteiger partial charge on any atom is -0.355 e. The topological polar surface area (TPSA) is 46.9 Å². The Morgan fingerprint density at radius 2 is 1.86 bits per heavy atom. The second-order valence-electron chi connectivity index (χ2n) is 7.59. The summed E-state index contributed by atoms with van der Waals surface area (Å²) in [6.45, 7) is 9.83. The quantitative estimate of drug-likeness (QED) is 0.613. The van der Waals surface area contributed by atoms with Crippen molar-refractivity contribution < 1.29 is 4.79 Å². The van der Waals surface area contributed by atoms with Gasteiger partial charge in [0.2, 0.25) is 5.91 Å². The van der Waals surface area contributed by atoms with Crippen molar-refractivity contribution in [3.05, 3.63) is 65.0 Å². The van der Waals surface area contributed by atoms with E-state index in [1.807, 2.05) is 6.07 Å². The molecule has 1 heterocycles. The summed E-state index contributed by atoms with van der Waals surface area (Å²) in [6.07, 6.45) is 2.49. The molecule has 4 nitrogen and oxygen atoms in total. The maximum atomic E-state index is 12.3. The van der Waals surface area contributed by atoms with Crippen LogP contribution in [0.5, 0.6) is 0 Å². The Morgan fingerprint density at radius 3 is 2.61 bits per heavy atom. The number of benzene rings is 2. The van der Waals surface area contributed by atoms with E-state index in [4.69, 9.17) is 4.98 Å². The van der Waals surface area contributed by atoms with Crippen molar-refractivity contribution in [3.8, 4) is 0 Å². The number of hydrogen-bond acceptors (Lipinski definition) is 2. The van der Waals surface area contributed by atoms with E-state index in [1.54, 1.807) is 0 Å². The number of carbonyl (C=O) groups is 1. The Bertz CT molecular complexity index is 954. The molecule has 1 aromatic heterocycles. The molecule has 0 atom stereocenters. The number of imidazole rings is 1. The molecule has 1 N–H and O–H groups in total. The number of nitrogens with zero attached hydrogens (tertiary/aromatic N) is 2. The molecule has 0 spiro atoms. The third-order valence-corrected chi connectivity index (χ3v) is 5.57. The molecule has 0 aliphatic carbocycles. The van der Waals surface area contributed by atoms with Gasteiger partial charge in [0.15, 0.2) is 0 Å². The molecule has 0 unspecified atom stereocenters. The summed E-state index contributed by atoms with van der Waals surface area (Å²) >= 11 is 0. The highest BCUT2D eigenvalue weighted by atomic mass is 16.1. The zero-order chi connectivity index (χ0) is 20.1. The maximum Gasteiger partial charge on any atom is 0.223 e. The smallest absolute Gasteiger partial charge is 0.223 e. The molecule has 148 valence electrons. The standard InChI is InChI=1S/C24H31N3O/c1-5-19(6-2)24(28)25-14-13-23-26-21-9-7-8-10-22(21)27(23)16-20-15-17(3)11-12-18(20)4/h7-12,15,19H,5-6,13-14,16H2,1-4H3,(H,25,28). The predicted molar refractivity (Wildman–Crippen MR) is 116 cm³/mol. The Labute approximate surface area is 168 Å². The molecule has 1 amide bonds. The van der Waals surface area contributed by atoms with Crippen molar-refractivity contribution in [1.29, 1.82) is 0 Å². The van der Waals surface area contributed by atoms with Crippen molar-refractivity contribution in [2.75, 3.05) is 6.54 Å². The average molecular weight is 378 g/mol. The Kier molecular flexibility index (Phi) is 6.50. The molecule has 0 aliphatic heterocycles. The molecule has 0 saturated heterocycles. The van der Waals surface area contributed by atoms with Crippen molar-refractivity contribution in [1.82, 2.24) is 14.9 Å². The zero-order valence-corrected chi connectivity index (χ0v) is 17.5. The normalized spacial score (nSPS) is 11.3. The Morgan fingerprint density at radius 1 is 1.11 bits per heavy atom. The van der Waals surface area contributed by atoms with Gasteiger partial charge in [-0.2, -0.15) is 0 Å². The summed E-state index contributed by atoms with van der Waals surface area (Å²) in [5.74, 6) is 1.28.